The highest BCUT2D eigenvalue weighted by atomic mass is 15.2. The van der Waals surface area contributed by atoms with E-state index in [2.05, 4.69) is 65.3 Å². The molecule has 3 nitrogen and oxygen atoms in total. The molecule has 1 fully saturated rings. The Hall–Kier alpha value is -1.87. The maximum atomic E-state index is 4.66. The Morgan fingerprint density at radius 3 is 2.67 bits per heavy atom. The molecule has 1 aromatic heterocycles. The van der Waals surface area contributed by atoms with E-state index in [1.54, 1.807) is 0 Å². The lowest BCUT2D eigenvalue weighted by Crippen LogP contribution is -2.31. The standard InChI is InChI=1S/C18H23N3/c1-20-14-7-6-12-17(20)16-11-8-13-19-18(16)21(2)15-9-4-3-5-10-15/h3-5,8-11,13,17H,6-7,12,14H2,1-2H3/t17-/m0/s1. The zero-order valence-electron chi connectivity index (χ0n) is 12.9. The third-order valence-corrected chi connectivity index (χ3v) is 4.41. The van der Waals surface area contributed by atoms with Crippen LogP contribution in [0.25, 0.3) is 0 Å². The van der Waals surface area contributed by atoms with Crippen LogP contribution < -0.4 is 4.90 Å². The van der Waals surface area contributed by atoms with Gasteiger partial charge in [0.05, 0.1) is 0 Å². The van der Waals surface area contributed by atoms with Gasteiger partial charge in [-0.2, -0.15) is 0 Å². The molecule has 1 aliphatic rings. The molecule has 0 N–H and O–H groups in total. The molecule has 1 saturated heterocycles. The van der Waals surface area contributed by atoms with E-state index in [0.29, 0.717) is 6.04 Å². The molecule has 0 radical (unpaired) electrons. The number of benzene rings is 1. The Kier molecular flexibility index (Phi) is 4.20. The van der Waals surface area contributed by atoms with Gasteiger partial charge in [0.2, 0.25) is 0 Å². The van der Waals surface area contributed by atoms with Gasteiger partial charge in [0.1, 0.15) is 5.82 Å². The molecule has 3 heteroatoms. The number of hydrogen-bond donors (Lipinski definition) is 0. The second-order valence-corrected chi connectivity index (χ2v) is 5.80. The average molecular weight is 281 g/mol. The van der Waals surface area contributed by atoms with Crippen LogP contribution in [0.3, 0.4) is 0 Å². The molecule has 1 atom stereocenters. The normalized spacial score (nSPS) is 19.4. The van der Waals surface area contributed by atoms with Gasteiger partial charge >= 0.3 is 0 Å². The van der Waals surface area contributed by atoms with Crippen LogP contribution in [0.15, 0.2) is 48.7 Å². The first-order valence-corrected chi connectivity index (χ1v) is 7.71. The summed E-state index contributed by atoms with van der Waals surface area (Å²) in [6, 6.07) is 15.2. The van der Waals surface area contributed by atoms with Crippen LogP contribution in [0.5, 0.6) is 0 Å². The van der Waals surface area contributed by atoms with Gasteiger partial charge in [0.15, 0.2) is 0 Å². The van der Waals surface area contributed by atoms with Crippen LogP contribution in [-0.2, 0) is 0 Å². The van der Waals surface area contributed by atoms with Crippen molar-refractivity contribution in [1.82, 2.24) is 9.88 Å². The highest BCUT2D eigenvalue weighted by Crippen LogP contribution is 2.35. The van der Waals surface area contributed by atoms with Gasteiger partial charge in [-0.3, -0.25) is 4.90 Å². The van der Waals surface area contributed by atoms with Crippen molar-refractivity contribution in [1.29, 1.82) is 0 Å². The van der Waals surface area contributed by atoms with Crippen molar-refractivity contribution < 1.29 is 0 Å². The summed E-state index contributed by atoms with van der Waals surface area (Å²) in [6.07, 6.45) is 5.72. The molecule has 2 heterocycles. The number of anilines is 2. The van der Waals surface area contributed by atoms with Crippen LogP contribution in [-0.4, -0.2) is 30.5 Å². The van der Waals surface area contributed by atoms with Crippen LogP contribution >= 0.6 is 0 Å². The number of piperidine rings is 1. The summed E-state index contributed by atoms with van der Waals surface area (Å²) in [5.41, 5.74) is 2.52. The molecular weight excluding hydrogens is 258 g/mol. The highest BCUT2D eigenvalue weighted by molar-refractivity contribution is 5.62. The summed E-state index contributed by atoms with van der Waals surface area (Å²) in [6.45, 7) is 1.17. The highest BCUT2D eigenvalue weighted by Gasteiger charge is 2.24. The number of hydrogen-bond acceptors (Lipinski definition) is 3. The molecule has 1 aliphatic heterocycles. The third-order valence-electron chi connectivity index (χ3n) is 4.41. The lowest BCUT2D eigenvalue weighted by molar-refractivity contribution is 0.187. The predicted octanol–water partition coefficient (Wildman–Crippen LogP) is 4.01. The van der Waals surface area contributed by atoms with Crippen molar-refractivity contribution in [2.75, 3.05) is 25.5 Å². The Bertz CT molecular complexity index is 582. The SMILES string of the molecule is CN(c1ccccc1)c1ncccc1[C@@H]1CCCCN1C. The summed E-state index contributed by atoms with van der Waals surface area (Å²) in [4.78, 5) is 9.32. The van der Waals surface area contributed by atoms with Crippen molar-refractivity contribution in [3.8, 4) is 0 Å². The lowest BCUT2D eigenvalue weighted by atomic mass is 9.96. The third kappa shape index (κ3) is 2.93. The fraction of sp³-hybridized carbons (Fsp3) is 0.389. The monoisotopic (exact) mass is 281 g/mol. The molecule has 0 saturated carbocycles. The molecule has 110 valence electrons. The fourth-order valence-corrected chi connectivity index (χ4v) is 3.19. The van der Waals surface area contributed by atoms with Gasteiger partial charge < -0.3 is 4.90 Å². The van der Waals surface area contributed by atoms with Crippen molar-refractivity contribution in [3.05, 3.63) is 54.2 Å². The Morgan fingerprint density at radius 1 is 1.10 bits per heavy atom. The van der Waals surface area contributed by atoms with E-state index in [-0.39, 0.29) is 0 Å². The van der Waals surface area contributed by atoms with E-state index < -0.39 is 0 Å². The first kappa shape index (κ1) is 14.1. The van der Waals surface area contributed by atoms with Gasteiger partial charge in [0, 0.05) is 30.5 Å². The molecule has 0 aliphatic carbocycles. The van der Waals surface area contributed by atoms with Gasteiger partial charge in [-0.1, -0.05) is 30.7 Å². The maximum Gasteiger partial charge on any atom is 0.137 e. The number of likely N-dealkylation sites (tertiary alicyclic amines) is 1. The topological polar surface area (TPSA) is 19.4 Å². The van der Waals surface area contributed by atoms with Crippen LogP contribution in [0.4, 0.5) is 11.5 Å². The summed E-state index contributed by atoms with van der Waals surface area (Å²) in [7, 11) is 4.33. The second kappa shape index (κ2) is 6.27. The van der Waals surface area contributed by atoms with Crippen molar-refractivity contribution in [2.24, 2.45) is 0 Å². The van der Waals surface area contributed by atoms with Crippen molar-refractivity contribution in [3.63, 3.8) is 0 Å². The van der Waals surface area contributed by atoms with E-state index in [1.165, 1.54) is 37.1 Å². The minimum atomic E-state index is 0.480. The van der Waals surface area contributed by atoms with E-state index in [9.17, 15) is 0 Å². The Morgan fingerprint density at radius 2 is 1.90 bits per heavy atom. The zero-order chi connectivity index (χ0) is 14.7. The smallest absolute Gasteiger partial charge is 0.137 e. The summed E-state index contributed by atoms with van der Waals surface area (Å²) >= 11 is 0. The predicted molar refractivity (Wildman–Crippen MR) is 88.0 cm³/mol. The van der Waals surface area contributed by atoms with Crippen LogP contribution in [0, 0.1) is 0 Å². The van der Waals surface area contributed by atoms with E-state index in [0.717, 1.165) is 5.82 Å². The van der Waals surface area contributed by atoms with E-state index in [1.807, 2.05) is 12.3 Å². The summed E-state index contributed by atoms with van der Waals surface area (Å²) in [5.74, 6) is 1.07. The number of rotatable bonds is 3. The second-order valence-electron chi connectivity index (χ2n) is 5.80. The molecule has 2 aromatic rings. The van der Waals surface area contributed by atoms with Gasteiger partial charge in [-0.15, -0.1) is 0 Å². The number of nitrogens with zero attached hydrogens (tertiary/aromatic N) is 3. The fourth-order valence-electron chi connectivity index (χ4n) is 3.19. The minimum Gasteiger partial charge on any atom is -0.329 e. The molecular formula is C18H23N3. The molecule has 1 aromatic carbocycles. The lowest BCUT2D eigenvalue weighted by Gasteiger charge is -2.35. The number of pyridine rings is 1. The average Bonchev–Trinajstić information content (AvgIpc) is 2.55. The number of para-hydroxylation sites is 1. The van der Waals surface area contributed by atoms with E-state index >= 15 is 0 Å². The molecule has 0 unspecified atom stereocenters. The summed E-state index contributed by atoms with van der Waals surface area (Å²) in [5, 5.41) is 0. The molecule has 0 spiro atoms. The van der Waals surface area contributed by atoms with Crippen LogP contribution in [0.1, 0.15) is 30.9 Å². The molecule has 0 bridgehead atoms. The van der Waals surface area contributed by atoms with Crippen LogP contribution in [0.2, 0.25) is 0 Å². The van der Waals surface area contributed by atoms with Gasteiger partial charge in [-0.05, 0) is 44.6 Å². The molecule has 21 heavy (non-hydrogen) atoms. The Labute approximate surface area is 127 Å². The van der Waals surface area contributed by atoms with E-state index in [4.69, 9.17) is 0 Å². The molecule has 3 rings (SSSR count). The maximum absolute atomic E-state index is 4.66. The molecule has 0 amide bonds. The summed E-state index contributed by atoms with van der Waals surface area (Å²) < 4.78 is 0. The zero-order valence-corrected chi connectivity index (χ0v) is 12.9. The van der Waals surface area contributed by atoms with Gasteiger partial charge in [-0.25, -0.2) is 4.98 Å². The largest absolute Gasteiger partial charge is 0.329 e. The van der Waals surface area contributed by atoms with Crippen molar-refractivity contribution in [2.45, 2.75) is 25.3 Å². The number of aromatic nitrogens is 1. The first-order valence-electron chi connectivity index (χ1n) is 7.71. The van der Waals surface area contributed by atoms with Gasteiger partial charge in [0.25, 0.3) is 0 Å². The minimum absolute atomic E-state index is 0.480. The quantitative estimate of drug-likeness (QED) is 0.847. The van der Waals surface area contributed by atoms with Crippen molar-refractivity contribution >= 4 is 11.5 Å². The first-order chi connectivity index (χ1) is 10.3. The Balaban J connectivity index is 1.96.